The van der Waals surface area contributed by atoms with Crippen molar-refractivity contribution >= 4 is 32.9 Å². The number of rotatable bonds is 2. The number of aromatic nitrogens is 1. The molecule has 114 valence electrons. The van der Waals surface area contributed by atoms with E-state index in [2.05, 4.69) is 31.0 Å². The number of hydrogen-bond donors (Lipinski definition) is 1. The molecule has 0 saturated heterocycles. The molecule has 0 aliphatic heterocycles. The summed E-state index contributed by atoms with van der Waals surface area (Å²) >= 11 is 3.41. The van der Waals surface area contributed by atoms with Gasteiger partial charge in [-0.05, 0) is 55.3 Å². The molecule has 1 N–H and O–H groups in total. The first-order valence-corrected chi connectivity index (χ1v) is 9.01. The molecule has 0 bridgehead atoms. The van der Waals surface area contributed by atoms with E-state index in [0.29, 0.717) is 0 Å². The van der Waals surface area contributed by atoms with E-state index >= 15 is 0 Å². The second-order valence-electron chi connectivity index (χ2n) is 5.55. The van der Waals surface area contributed by atoms with Crippen molar-refractivity contribution in [3.8, 4) is 27.4 Å². The van der Waals surface area contributed by atoms with Gasteiger partial charge in [0.1, 0.15) is 10.8 Å². The molecule has 0 fully saturated rings. The maximum atomic E-state index is 10.3. The number of aromatic hydroxyl groups is 1. The number of nitrogens with zero attached hydrogens (tertiary/aromatic N) is 1. The van der Waals surface area contributed by atoms with Gasteiger partial charge in [0.15, 0.2) is 0 Å². The van der Waals surface area contributed by atoms with E-state index in [1.807, 2.05) is 30.3 Å². The van der Waals surface area contributed by atoms with Gasteiger partial charge in [0.2, 0.25) is 0 Å². The maximum Gasteiger partial charge on any atom is 0.128 e. The van der Waals surface area contributed by atoms with Crippen LogP contribution in [-0.4, -0.2) is 10.1 Å². The van der Waals surface area contributed by atoms with Gasteiger partial charge in [-0.2, -0.15) is 0 Å². The fourth-order valence-corrected chi connectivity index (χ4v) is 4.72. The summed E-state index contributed by atoms with van der Waals surface area (Å²) in [5.74, 6) is 0.275. The molecule has 4 rings (SSSR count). The first kappa shape index (κ1) is 14.4. The van der Waals surface area contributed by atoms with Crippen LogP contribution >= 0.6 is 22.7 Å². The number of aryl methyl sites for hydroxylation is 2. The molecule has 0 radical (unpaired) electrons. The molecule has 0 unspecified atom stereocenters. The molecule has 23 heavy (non-hydrogen) atoms. The Kier molecular flexibility index (Phi) is 3.43. The number of fused-ring (bicyclic) bond motifs is 1. The largest absolute Gasteiger partial charge is 0.507 e. The predicted octanol–water partition coefficient (Wildman–Crippen LogP) is 6.01. The highest BCUT2D eigenvalue weighted by atomic mass is 32.1. The standard InChI is InChI=1S/C19H15NOS2/c1-11-9-14(12(2)22-11)13-7-8-17(21)15(10-13)19-20-16-5-3-4-6-18(16)23-19/h3-10,21H,1-2H3. The number of thiazole rings is 1. The smallest absolute Gasteiger partial charge is 0.128 e. The van der Waals surface area contributed by atoms with Crippen LogP contribution in [0.25, 0.3) is 31.9 Å². The molecule has 0 aliphatic rings. The Morgan fingerprint density at radius 3 is 2.48 bits per heavy atom. The molecule has 2 nitrogen and oxygen atoms in total. The lowest BCUT2D eigenvalue weighted by Crippen LogP contribution is -1.82. The van der Waals surface area contributed by atoms with E-state index in [-0.39, 0.29) is 5.75 Å². The van der Waals surface area contributed by atoms with Gasteiger partial charge in [0.05, 0.1) is 15.8 Å². The zero-order valence-electron chi connectivity index (χ0n) is 12.8. The first-order valence-electron chi connectivity index (χ1n) is 7.38. The molecular weight excluding hydrogens is 322 g/mol. The number of para-hydroxylation sites is 1. The van der Waals surface area contributed by atoms with E-state index in [4.69, 9.17) is 0 Å². The van der Waals surface area contributed by atoms with Crippen molar-refractivity contribution in [2.75, 3.05) is 0 Å². The Bertz CT molecular complexity index is 980. The van der Waals surface area contributed by atoms with Crippen LogP contribution in [0.3, 0.4) is 0 Å². The van der Waals surface area contributed by atoms with E-state index in [0.717, 1.165) is 26.4 Å². The van der Waals surface area contributed by atoms with Crippen molar-refractivity contribution in [2.24, 2.45) is 0 Å². The topological polar surface area (TPSA) is 33.1 Å². The molecule has 2 aromatic heterocycles. The van der Waals surface area contributed by atoms with Crippen molar-refractivity contribution in [1.29, 1.82) is 0 Å². The van der Waals surface area contributed by atoms with Crippen molar-refractivity contribution < 1.29 is 5.11 Å². The van der Waals surface area contributed by atoms with Crippen LogP contribution in [0.1, 0.15) is 9.75 Å². The molecular formula is C19H15NOS2. The summed E-state index contributed by atoms with van der Waals surface area (Å²) in [4.78, 5) is 7.26. The number of hydrogen-bond acceptors (Lipinski definition) is 4. The molecule has 2 heterocycles. The highest BCUT2D eigenvalue weighted by molar-refractivity contribution is 7.21. The lowest BCUT2D eigenvalue weighted by Gasteiger charge is -2.05. The Balaban J connectivity index is 1.88. The zero-order chi connectivity index (χ0) is 16.0. The molecule has 0 atom stereocenters. The van der Waals surface area contributed by atoms with Gasteiger partial charge in [-0.3, -0.25) is 0 Å². The molecule has 0 saturated carbocycles. The van der Waals surface area contributed by atoms with Gasteiger partial charge in [-0.1, -0.05) is 18.2 Å². The Morgan fingerprint density at radius 1 is 0.913 bits per heavy atom. The minimum absolute atomic E-state index is 0.275. The molecule has 0 aliphatic carbocycles. The second-order valence-corrected chi connectivity index (χ2v) is 8.04. The molecule has 2 aromatic carbocycles. The quantitative estimate of drug-likeness (QED) is 0.485. The predicted molar refractivity (Wildman–Crippen MR) is 99.5 cm³/mol. The van der Waals surface area contributed by atoms with Crippen LogP contribution in [0, 0.1) is 13.8 Å². The van der Waals surface area contributed by atoms with Crippen LogP contribution in [0.4, 0.5) is 0 Å². The summed E-state index contributed by atoms with van der Waals surface area (Å²) in [5, 5.41) is 11.2. The van der Waals surface area contributed by atoms with Gasteiger partial charge in [0, 0.05) is 9.75 Å². The van der Waals surface area contributed by atoms with Crippen molar-refractivity contribution in [2.45, 2.75) is 13.8 Å². The van der Waals surface area contributed by atoms with Crippen LogP contribution in [0.2, 0.25) is 0 Å². The third-order valence-electron chi connectivity index (χ3n) is 3.87. The summed E-state index contributed by atoms with van der Waals surface area (Å²) in [6.45, 7) is 4.26. The van der Waals surface area contributed by atoms with E-state index in [1.54, 1.807) is 28.7 Å². The average Bonchev–Trinajstić information content (AvgIpc) is 3.10. The molecule has 0 spiro atoms. The zero-order valence-corrected chi connectivity index (χ0v) is 14.5. The lowest BCUT2D eigenvalue weighted by molar-refractivity contribution is 0.477. The monoisotopic (exact) mass is 337 g/mol. The molecule has 4 heteroatoms. The Hall–Kier alpha value is -2.17. The number of thiophene rings is 1. The summed E-state index contributed by atoms with van der Waals surface area (Å²) in [5.41, 5.74) is 4.13. The highest BCUT2D eigenvalue weighted by Gasteiger charge is 2.13. The van der Waals surface area contributed by atoms with Crippen molar-refractivity contribution in [3.63, 3.8) is 0 Å². The summed E-state index contributed by atoms with van der Waals surface area (Å²) in [6, 6.07) is 16.0. The summed E-state index contributed by atoms with van der Waals surface area (Å²) in [6.07, 6.45) is 0. The normalized spacial score (nSPS) is 11.2. The number of phenols is 1. The average molecular weight is 337 g/mol. The maximum absolute atomic E-state index is 10.3. The minimum Gasteiger partial charge on any atom is -0.507 e. The van der Waals surface area contributed by atoms with Gasteiger partial charge in [-0.15, -0.1) is 22.7 Å². The summed E-state index contributed by atoms with van der Waals surface area (Å²) < 4.78 is 1.13. The SMILES string of the molecule is Cc1cc(-c2ccc(O)c(-c3nc4ccccc4s3)c2)c(C)s1. The second kappa shape index (κ2) is 5.48. The van der Waals surface area contributed by atoms with E-state index < -0.39 is 0 Å². The third-order valence-corrected chi connectivity index (χ3v) is 5.91. The van der Waals surface area contributed by atoms with Crippen LogP contribution in [0.15, 0.2) is 48.5 Å². The minimum atomic E-state index is 0.275. The first-order chi connectivity index (χ1) is 11.1. The van der Waals surface area contributed by atoms with Crippen molar-refractivity contribution in [3.05, 3.63) is 58.3 Å². The van der Waals surface area contributed by atoms with Gasteiger partial charge in [0.25, 0.3) is 0 Å². The van der Waals surface area contributed by atoms with Crippen molar-refractivity contribution in [1.82, 2.24) is 4.98 Å². The highest BCUT2D eigenvalue weighted by Crippen LogP contribution is 2.39. The number of benzene rings is 2. The fourth-order valence-electron chi connectivity index (χ4n) is 2.78. The molecule has 4 aromatic rings. The van der Waals surface area contributed by atoms with Gasteiger partial charge < -0.3 is 5.11 Å². The summed E-state index contributed by atoms with van der Waals surface area (Å²) in [7, 11) is 0. The molecule has 0 amide bonds. The fraction of sp³-hybridized carbons (Fsp3) is 0.105. The Morgan fingerprint density at radius 2 is 1.74 bits per heavy atom. The van der Waals surface area contributed by atoms with E-state index in [1.165, 1.54) is 15.3 Å². The van der Waals surface area contributed by atoms with Gasteiger partial charge >= 0.3 is 0 Å². The van der Waals surface area contributed by atoms with Crippen LogP contribution in [-0.2, 0) is 0 Å². The van der Waals surface area contributed by atoms with Crippen LogP contribution in [0.5, 0.6) is 5.75 Å². The van der Waals surface area contributed by atoms with E-state index in [9.17, 15) is 5.11 Å². The lowest BCUT2D eigenvalue weighted by atomic mass is 10.0. The van der Waals surface area contributed by atoms with Crippen LogP contribution < -0.4 is 0 Å². The van der Waals surface area contributed by atoms with Gasteiger partial charge in [-0.25, -0.2) is 4.98 Å². The Labute approximate surface area is 142 Å². The number of phenolic OH excluding ortho intramolecular Hbond substituents is 1. The third kappa shape index (κ3) is 2.54.